The molecule has 4 rings (SSSR count). The van der Waals surface area contributed by atoms with E-state index >= 15 is 0 Å². The number of thiophene rings is 1. The maximum absolute atomic E-state index is 12.6. The Balaban J connectivity index is 1.30. The summed E-state index contributed by atoms with van der Waals surface area (Å²) < 4.78 is 0. The summed E-state index contributed by atoms with van der Waals surface area (Å²) in [5.74, 6) is 2.06. The largest absolute Gasteiger partial charge is 0.341 e. The molecule has 3 aromatic rings. The minimum atomic E-state index is -0.0210. The van der Waals surface area contributed by atoms with Crippen LogP contribution in [0.15, 0.2) is 29.1 Å². The number of halogens is 1. The van der Waals surface area contributed by atoms with Crippen LogP contribution >= 0.6 is 34.7 Å². The van der Waals surface area contributed by atoms with Gasteiger partial charge in [-0.3, -0.25) is 9.59 Å². The molecule has 0 unspecified atom stereocenters. The molecule has 2 aromatic heterocycles. The SMILES string of the molecule is CN(Cc1cccc(Cl)c1)C(=O)CCSCc1nc2sc3c(c2c(=O)[nH]1)CCCC3. The highest BCUT2D eigenvalue weighted by atomic mass is 35.5. The molecule has 0 bridgehead atoms. The van der Waals surface area contributed by atoms with Gasteiger partial charge in [-0.1, -0.05) is 23.7 Å². The number of thioether (sulfide) groups is 1. The molecule has 1 aliphatic rings. The van der Waals surface area contributed by atoms with Crippen molar-refractivity contribution in [1.29, 1.82) is 0 Å². The van der Waals surface area contributed by atoms with Gasteiger partial charge in [0.2, 0.25) is 5.91 Å². The smallest absolute Gasteiger partial charge is 0.259 e. The number of fused-ring (bicyclic) bond motifs is 3. The topological polar surface area (TPSA) is 66.1 Å². The van der Waals surface area contributed by atoms with Crippen molar-refractivity contribution < 1.29 is 4.79 Å². The molecule has 30 heavy (non-hydrogen) atoms. The molecule has 8 heteroatoms. The zero-order chi connectivity index (χ0) is 21.1. The van der Waals surface area contributed by atoms with Crippen LogP contribution in [0.25, 0.3) is 10.2 Å². The lowest BCUT2D eigenvalue weighted by molar-refractivity contribution is -0.129. The van der Waals surface area contributed by atoms with Crippen molar-refractivity contribution in [3.63, 3.8) is 0 Å². The van der Waals surface area contributed by atoms with Gasteiger partial charge in [0.15, 0.2) is 0 Å². The number of hydrogen-bond donors (Lipinski definition) is 1. The number of nitrogens with one attached hydrogen (secondary N) is 1. The fourth-order valence-corrected chi connectivity index (χ4v) is 6.08. The average molecular weight is 462 g/mol. The molecule has 5 nitrogen and oxygen atoms in total. The molecular formula is C22H24ClN3O2S2. The molecule has 1 aliphatic carbocycles. The second kappa shape index (κ2) is 9.54. The summed E-state index contributed by atoms with van der Waals surface area (Å²) >= 11 is 9.29. The Hall–Kier alpha value is -1.83. The van der Waals surface area contributed by atoms with Gasteiger partial charge in [0.25, 0.3) is 5.56 Å². The van der Waals surface area contributed by atoms with E-state index in [0.717, 1.165) is 35.0 Å². The zero-order valence-electron chi connectivity index (χ0n) is 16.9. The van der Waals surface area contributed by atoms with Crippen molar-refractivity contribution in [3.05, 3.63) is 61.5 Å². The van der Waals surface area contributed by atoms with E-state index in [1.165, 1.54) is 16.9 Å². The Morgan fingerprint density at radius 2 is 2.17 bits per heavy atom. The normalized spacial score (nSPS) is 13.4. The third-order valence-corrected chi connectivity index (χ3v) is 7.70. The molecule has 1 N–H and O–H groups in total. The highest BCUT2D eigenvalue weighted by molar-refractivity contribution is 7.98. The van der Waals surface area contributed by atoms with Crippen LogP contribution in [-0.2, 0) is 29.9 Å². The molecule has 1 aromatic carbocycles. The van der Waals surface area contributed by atoms with E-state index in [0.29, 0.717) is 35.3 Å². The van der Waals surface area contributed by atoms with E-state index in [4.69, 9.17) is 16.6 Å². The van der Waals surface area contributed by atoms with E-state index in [-0.39, 0.29) is 11.5 Å². The van der Waals surface area contributed by atoms with Crippen molar-refractivity contribution in [2.45, 2.75) is 44.4 Å². The molecule has 0 radical (unpaired) electrons. The second-order valence-corrected chi connectivity index (χ2v) is 10.2. The Bertz CT molecular complexity index is 1130. The van der Waals surface area contributed by atoms with E-state index < -0.39 is 0 Å². The summed E-state index contributed by atoms with van der Waals surface area (Å²) in [6.07, 6.45) is 4.83. The molecule has 1 amide bonds. The van der Waals surface area contributed by atoms with Crippen molar-refractivity contribution in [1.82, 2.24) is 14.9 Å². The van der Waals surface area contributed by atoms with Crippen LogP contribution in [0.2, 0.25) is 5.02 Å². The highest BCUT2D eigenvalue weighted by Crippen LogP contribution is 2.33. The Kier molecular flexibility index (Phi) is 6.80. The Morgan fingerprint density at radius 3 is 3.00 bits per heavy atom. The van der Waals surface area contributed by atoms with Crippen LogP contribution < -0.4 is 5.56 Å². The number of rotatable bonds is 7. The van der Waals surface area contributed by atoms with Gasteiger partial charge in [0, 0.05) is 35.7 Å². The summed E-state index contributed by atoms with van der Waals surface area (Å²) in [6.45, 7) is 0.540. The van der Waals surface area contributed by atoms with Gasteiger partial charge < -0.3 is 9.88 Å². The number of aromatic nitrogens is 2. The van der Waals surface area contributed by atoms with E-state index in [1.807, 2.05) is 24.3 Å². The highest BCUT2D eigenvalue weighted by Gasteiger charge is 2.19. The number of carbonyl (C=O) groups excluding carboxylic acids is 1. The second-order valence-electron chi connectivity index (χ2n) is 7.59. The molecule has 0 saturated carbocycles. The summed E-state index contributed by atoms with van der Waals surface area (Å²) in [4.78, 5) is 36.5. The van der Waals surface area contributed by atoms with Gasteiger partial charge in [0.05, 0.1) is 11.1 Å². The maximum Gasteiger partial charge on any atom is 0.259 e. The minimum Gasteiger partial charge on any atom is -0.341 e. The number of hydrogen-bond acceptors (Lipinski definition) is 5. The molecule has 0 saturated heterocycles. The number of nitrogens with zero attached hydrogens (tertiary/aromatic N) is 2. The first kappa shape index (κ1) is 21.4. The van der Waals surface area contributed by atoms with Crippen LogP contribution in [-0.4, -0.2) is 33.6 Å². The minimum absolute atomic E-state index is 0.0210. The van der Waals surface area contributed by atoms with E-state index in [1.54, 1.807) is 35.0 Å². The number of amides is 1. The Labute approximate surface area is 188 Å². The monoisotopic (exact) mass is 461 g/mol. The van der Waals surface area contributed by atoms with Crippen molar-refractivity contribution in [3.8, 4) is 0 Å². The lowest BCUT2D eigenvalue weighted by atomic mass is 9.97. The maximum atomic E-state index is 12.6. The number of benzene rings is 1. The lowest BCUT2D eigenvalue weighted by Gasteiger charge is -2.17. The van der Waals surface area contributed by atoms with Gasteiger partial charge in [0.1, 0.15) is 10.7 Å². The van der Waals surface area contributed by atoms with Crippen LogP contribution in [0, 0.1) is 0 Å². The molecule has 0 spiro atoms. The number of aromatic amines is 1. The predicted octanol–water partition coefficient (Wildman–Crippen LogP) is 4.80. The summed E-state index contributed by atoms with van der Waals surface area (Å²) in [5, 5.41) is 1.47. The third-order valence-electron chi connectivity index (χ3n) is 5.31. The van der Waals surface area contributed by atoms with Gasteiger partial charge >= 0.3 is 0 Å². The predicted molar refractivity (Wildman–Crippen MR) is 126 cm³/mol. The number of H-pyrrole nitrogens is 1. The first-order valence-electron chi connectivity index (χ1n) is 10.1. The van der Waals surface area contributed by atoms with E-state index in [2.05, 4.69) is 4.98 Å². The molecule has 158 valence electrons. The fourth-order valence-electron chi connectivity index (χ4n) is 3.79. The first-order chi connectivity index (χ1) is 14.5. The van der Waals surface area contributed by atoms with Crippen LogP contribution in [0.1, 0.15) is 41.1 Å². The first-order valence-corrected chi connectivity index (χ1v) is 12.5. The zero-order valence-corrected chi connectivity index (χ0v) is 19.3. The Morgan fingerprint density at radius 1 is 1.33 bits per heavy atom. The van der Waals surface area contributed by atoms with Gasteiger partial charge in [-0.25, -0.2) is 4.98 Å². The van der Waals surface area contributed by atoms with Gasteiger partial charge in [-0.05, 0) is 48.9 Å². The summed E-state index contributed by atoms with van der Waals surface area (Å²) in [5.41, 5.74) is 2.20. The van der Waals surface area contributed by atoms with Gasteiger partial charge in [-0.15, -0.1) is 11.3 Å². The van der Waals surface area contributed by atoms with Crippen LogP contribution in [0.5, 0.6) is 0 Å². The lowest BCUT2D eigenvalue weighted by Crippen LogP contribution is -2.26. The standard InChI is InChI=1S/C22H24ClN3O2S2/c1-26(12-14-5-4-6-15(23)11-14)19(27)9-10-29-13-18-24-21(28)20-16-7-2-3-8-17(16)30-22(20)25-18/h4-6,11H,2-3,7-10,12-13H2,1H3,(H,24,25,28). The number of carbonyl (C=O) groups is 1. The molecule has 2 heterocycles. The third kappa shape index (κ3) is 4.90. The molecular weight excluding hydrogens is 438 g/mol. The number of aryl methyl sites for hydroxylation is 2. The van der Waals surface area contributed by atoms with E-state index in [9.17, 15) is 9.59 Å². The average Bonchev–Trinajstić information content (AvgIpc) is 3.10. The van der Waals surface area contributed by atoms with Crippen molar-refractivity contribution >= 4 is 50.8 Å². The summed E-state index contributed by atoms with van der Waals surface area (Å²) in [7, 11) is 1.81. The quantitative estimate of drug-likeness (QED) is 0.513. The molecule has 0 fully saturated rings. The summed E-state index contributed by atoms with van der Waals surface area (Å²) in [6, 6.07) is 7.55. The molecule has 0 atom stereocenters. The van der Waals surface area contributed by atoms with Crippen LogP contribution in [0.3, 0.4) is 0 Å². The van der Waals surface area contributed by atoms with Crippen molar-refractivity contribution in [2.24, 2.45) is 0 Å². The van der Waals surface area contributed by atoms with Crippen LogP contribution in [0.4, 0.5) is 0 Å². The molecule has 0 aliphatic heterocycles. The fraction of sp³-hybridized carbons (Fsp3) is 0.409. The van der Waals surface area contributed by atoms with Crippen molar-refractivity contribution in [2.75, 3.05) is 12.8 Å². The van der Waals surface area contributed by atoms with Gasteiger partial charge in [-0.2, -0.15) is 11.8 Å².